The lowest BCUT2D eigenvalue weighted by Crippen LogP contribution is -2.37. The molecule has 0 atom stereocenters. The van der Waals surface area contributed by atoms with Gasteiger partial charge in [-0.3, -0.25) is 4.79 Å². The first kappa shape index (κ1) is 18.6. The number of hydrogen-bond acceptors (Lipinski definition) is 3. The van der Waals surface area contributed by atoms with E-state index in [-0.39, 0.29) is 18.3 Å². The zero-order valence-electron chi connectivity index (χ0n) is 13.5. The number of hydrogen-bond donors (Lipinski definition) is 2. The van der Waals surface area contributed by atoms with Crippen LogP contribution in [0, 0.1) is 6.92 Å². The van der Waals surface area contributed by atoms with Crippen molar-refractivity contribution in [2.45, 2.75) is 19.8 Å². The number of benzene rings is 2. The number of fused-ring (bicyclic) bond motifs is 1. The molecule has 0 spiro atoms. The van der Waals surface area contributed by atoms with Gasteiger partial charge in [0.1, 0.15) is 0 Å². The Kier molecular flexibility index (Phi) is 6.13. The molecule has 0 saturated carbocycles. The third kappa shape index (κ3) is 4.02. The van der Waals surface area contributed by atoms with Crippen molar-refractivity contribution in [3.63, 3.8) is 0 Å². The molecule has 3 N–H and O–H groups in total. The van der Waals surface area contributed by atoms with Crippen LogP contribution in [-0.2, 0) is 11.2 Å². The summed E-state index contributed by atoms with van der Waals surface area (Å²) in [5.74, 6) is -0.00861. The van der Waals surface area contributed by atoms with Crippen molar-refractivity contribution >= 4 is 51.3 Å². The van der Waals surface area contributed by atoms with Crippen LogP contribution in [0.15, 0.2) is 40.9 Å². The standard InChI is InChI=1S/C18H20BrN3O.ClH/c1-12-10-13(19)7-8-16(12)21-18(23)11-22-9-3-4-14-15(20)5-2-6-17(14)22;/h2,5-8,10H,3-4,9,11,20H2,1H3,(H,21,23);1H. The molecule has 6 heteroatoms. The quantitative estimate of drug-likeness (QED) is 0.747. The molecule has 0 saturated heterocycles. The topological polar surface area (TPSA) is 58.4 Å². The summed E-state index contributed by atoms with van der Waals surface area (Å²) in [7, 11) is 0. The van der Waals surface area contributed by atoms with E-state index in [0.717, 1.165) is 52.0 Å². The SMILES string of the molecule is Cc1cc(Br)ccc1NC(=O)CN1CCCc2c(N)cccc21.Cl. The largest absolute Gasteiger partial charge is 0.398 e. The molecule has 0 bridgehead atoms. The summed E-state index contributed by atoms with van der Waals surface area (Å²) in [6.07, 6.45) is 2.00. The number of aryl methyl sites for hydroxylation is 1. The fraction of sp³-hybridized carbons (Fsp3) is 0.278. The summed E-state index contributed by atoms with van der Waals surface area (Å²) in [5.41, 5.74) is 11.0. The lowest BCUT2D eigenvalue weighted by molar-refractivity contribution is -0.115. The van der Waals surface area contributed by atoms with Crippen LogP contribution in [0.4, 0.5) is 17.1 Å². The molecular weight excluding hydrogens is 390 g/mol. The molecule has 2 aromatic carbocycles. The molecule has 4 nitrogen and oxygen atoms in total. The Morgan fingerprint density at radius 3 is 2.88 bits per heavy atom. The summed E-state index contributed by atoms with van der Waals surface area (Å²) < 4.78 is 1.01. The van der Waals surface area contributed by atoms with Gasteiger partial charge in [-0.2, -0.15) is 0 Å². The van der Waals surface area contributed by atoms with Gasteiger partial charge < -0.3 is 16.0 Å². The second kappa shape index (κ2) is 7.90. The summed E-state index contributed by atoms with van der Waals surface area (Å²) >= 11 is 3.43. The van der Waals surface area contributed by atoms with Crippen LogP contribution in [0.1, 0.15) is 17.5 Å². The van der Waals surface area contributed by atoms with E-state index in [1.807, 2.05) is 43.3 Å². The average molecular weight is 411 g/mol. The number of nitrogens with two attached hydrogens (primary N) is 1. The van der Waals surface area contributed by atoms with E-state index in [1.54, 1.807) is 0 Å². The minimum absolute atomic E-state index is 0. The lowest BCUT2D eigenvalue weighted by atomic mass is 10.00. The number of rotatable bonds is 3. The fourth-order valence-corrected chi connectivity index (χ4v) is 3.50. The van der Waals surface area contributed by atoms with Gasteiger partial charge in [0.2, 0.25) is 5.91 Å². The van der Waals surface area contributed by atoms with Crippen molar-refractivity contribution in [2.24, 2.45) is 0 Å². The van der Waals surface area contributed by atoms with Crippen molar-refractivity contribution < 1.29 is 4.79 Å². The normalized spacial score (nSPS) is 13.0. The predicted octanol–water partition coefficient (Wildman–Crippen LogP) is 4.15. The monoisotopic (exact) mass is 409 g/mol. The van der Waals surface area contributed by atoms with E-state index in [9.17, 15) is 4.79 Å². The first-order valence-corrected chi connectivity index (χ1v) is 8.52. The number of carbonyl (C=O) groups excluding carboxylic acids is 1. The van der Waals surface area contributed by atoms with E-state index in [0.29, 0.717) is 6.54 Å². The van der Waals surface area contributed by atoms with Crippen molar-refractivity contribution in [1.82, 2.24) is 0 Å². The van der Waals surface area contributed by atoms with Crippen LogP contribution in [0.2, 0.25) is 0 Å². The third-order valence-electron chi connectivity index (χ3n) is 4.18. The van der Waals surface area contributed by atoms with Crippen LogP contribution in [0.3, 0.4) is 0 Å². The van der Waals surface area contributed by atoms with Gasteiger partial charge in [0.15, 0.2) is 0 Å². The number of carbonyl (C=O) groups is 1. The van der Waals surface area contributed by atoms with Crippen LogP contribution in [0.25, 0.3) is 0 Å². The maximum atomic E-state index is 12.4. The smallest absolute Gasteiger partial charge is 0.243 e. The van der Waals surface area contributed by atoms with E-state index in [2.05, 4.69) is 26.1 Å². The van der Waals surface area contributed by atoms with Gasteiger partial charge >= 0.3 is 0 Å². The number of nitrogen functional groups attached to an aromatic ring is 1. The highest BCUT2D eigenvalue weighted by atomic mass is 79.9. The second-order valence-corrected chi connectivity index (χ2v) is 6.79. The molecule has 0 fully saturated rings. The maximum Gasteiger partial charge on any atom is 0.243 e. The minimum Gasteiger partial charge on any atom is -0.398 e. The molecule has 1 aliphatic rings. The summed E-state index contributed by atoms with van der Waals surface area (Å²) in [4.78, 5) is 14.5. The molecule has 3 rings (SSSR count). The number of nitrogens with zero attached hydrogens (tertiary/aromatic N) is 1. The molecule has 1 amide bonds. The Hall–Kier alpha value is -1.72. The Labute approximate surface area is 157 Å². The number of halogens is 2. The molecule has 1 aliphatic heterocycles. The van der Waals surface area contributed by atoms with Crippen LogP contribution in [-0.4, -0.2) is 19.0 Å². The zero-order valence-corrected chi connectivity index (χ0v) is 15.9. The molecule has 128 valence electrons. The second-order valence-electron chi connectivity index (χ2n) is 5.88. The molecule has 24 heavy (non-hydrogen) atoms. The first-order chi connectivity index (χ1) is 11.0. The molecule has 0 aliphatic carbocycles. The third-order valence-corrected chi connectivity index (χ3v) is 4.67. The first-order valence-electron chi connectivity index (χ1n) is 7.73. The predicted molar refractivity (Wildman–Crippen MR) is 106 cm³/mol. The average Bonchev–Trinajstić information content (AvgIpc) is 2.51. The van der Waals surface area contributed by atoms with Gasteiger partial charge in [0.05, 0.1) is 6.54 Å². The lowest BCUT2D eigenvalue weighted by Gasteiger charge is -2.31. The Balaban J connectivity index is 0.00000208. The number of nitrogens with one attached hydrogen (secondary N) is 1. The van der Waals surface area contributed by atoms with E-state index < -0.39 is 0 Å². The zero-order chi connectivity index (χ0) is 16.4. The van der Waals surface area contributed by atoms with E-state index in [4.69, 9.17) is 5.73 Å². The van der Waals surface area contributed by atoms with Gasteiger partial charge in [0.25, 0.3) is 0 Å². The van der Waals surface area contributed by atoms with Gasteiger partial charge in [-0.25, -0.2) is 0 Å². The van der Waals surface area contributed by atoms with Crippen LogP contribution < -0.4 is 16.0 Å². The Morgan fingerprint density at radius 2 is 2.12 bits per heavy atom. The Morgan fingerprint density at radius 1 is 1.33 bits per heavy atom. The fourth-order valence-electron chi connectivity index (χ4n) is 3.02. The number of anilines is 3. The van der Waals surface area contributed by atoms with E-state index >= 15 is 0 Å². The molecule has 0 unspecified atom stereocenters. The van der Waals surface area contributed by atoms with Gasteiger partial charge in [-0.15, -0.1) is 12.4 Å². The molecular formula is C18H21BrClN3O. The van der Waals surface area contributed by atoms with Crippen molar-refractivity contribution in [1.29, 1.82) is 0 Å². The number of amides is 1. The highest BCUT2D eigenvalue weighted by Gasteiger charge is 2.20. The maximum absolute atomic E-state index is 12.4. The van der Waals surface area contributed by atoms with Crippen LogP contribution in [0.5, 0.6) is 0 Å². The van der Waals surface area contributed by atoms with Gasteiger partial charge in [-0.1, -0.05) is 22.0 Å². The highest BCUT2D eigenvalue weighted by molar-refractivity contribution is 9.10. The summed E-state index contributed by atoms with van der Waals surface area (Å²) in [6.45, 7) is 3.20. The van der Waals surface area contributed by atoms with Crippen molar-refractivity contribution in [3.05, 3.63) is 52.0 Å². The van der Waals surface area contributed by atoms with E-state index in [1.165, 1.54) is 0 Å². The van der Waals surface area contributed by atoms with Gasteiger partial charge in [-0.05, 0) is 61.2 Å². The summed E-state index contributed by atoms with van der Waals surface area (Å²) in [6, 6.07) is 11.8. The van der Waals surface area contributed by atoms with Gasteiger partial charge in [0, 0.05) is 28.1 Å². The molecule has 2 aromatic rings. The Bertz CT molecular complexity index is 751. The highest BCUT2D eigenvalue weighted by Crippen LogP contribution is 2.31. The molecule has 1 heterocycles. The molecule has 0 radical (unpaired) electrons. The molecule has 0 aromatic heterocycles. The van der Waals surface area contributed by atoms with Crippen molar-refractivity contribution in [2.75, 3.05) is 29.0 Å². The minimum atomic E-state index is -0.00861. The van der Waals surface area contributed by atoms with Crippen LogP contribution >= 0.6 is 28.3 Å². The van der Waals surface area contributed by atoms with Crippen molar-refractivity contribution in [3.8, 4) is 0 Å². The summed E-state index contributed by atoms with van der Waals surface area (Å²) in [5, 5.41) is 3.00.